The molecule has 0 saturated carbocycles. The van der Waals surface area contributed by atoms with Crippen molar-refractivity contribution in [3.05, 3.63) is 40.3 Å². The quantitative estimate of drug-likeness (QED) is 0.896. The number of hydrogen-bond acceptors (Lipinski definition) is 4. The Bertz CT molecular complexity index is 610. The van der Waals surface area contributed by atoms with Crippen molar-refractivity contribution in [1.29, 1.82) is 0 Å². The largest absolute Gasteiger partial charge is 0.316 e. The number of nitrogens with two attached hydrogens (primary N) is 1. The molecule has 6 nitrogen and oxygen atoms in total. The molecule has 0 saturated heterocycles. The number of anilines is 1. The van der Waals surface area contributed by atoms with Crippen LogP contribution in [0.25, 0.3) is 0 Å². The Morgan fingerprint density at radius 2 is 2.26 bits per heavy atom. The second-order valence-corrected chi connectivity index (χ2v) is 5.03. The van der Waals surface area contributed by atoms with E-state index in [1.807, 2.05) is 13.0 Å². The minimum absolute atomic E-state index is 0.317. The number of aromatic nitrogens is 3. The first kappa shape index (κ1) is 13.7. The van der Waals surface area contributed by atoms with Gasteiger partial charge in [-0.25, -0.2) is 4.98 Å². The van der Waals surface area contributed by atoms with Crippen LogP contribution in [0.2, 0.25) is 0 Å². The first-order valence-corrected chi connectivity index (χ1v) is 6.45. The van der Waals surface area contributed by atoms with Gasteiger partial charge in [0.25, 0.3) is 0 Å². The van der Waals surface area contributed by atoms with E-state index in [0.29, 0.717) is 11.4 Å². The van der Waals surface area contributed by atoms with Gasteiger partial charge in [-0.2, -0.15) is 5.10 Å². The molecule has 1 amide bonds. The highest BCUT2D eigenvalue weighted by Crippen LogP contribution is 2.17. The van der Waals surface area contributed by atoms with Gasteiger partial charge >= 0.3 is 0 Å². The lowest BCUT2D eigenvalue weighted by atomic mass is 10.1. The molecule has 2 heterocycles. The van der Waals surface area contributed by atoms with E-state index in [1.54, 1.807) is 30.2 Å². The molecule has 0 radical (unpaired) electrons. The van der Waals surface area contributed by atoms with Gasteiger partial charge in [0.1, 0.15) is 11.9 Å². The predicted octanol–water partition coefficient (Wildman–Crippen LogP) is 1.52. The van der Waals surface area contributed by atoms with Gasteiger partial charge in [0.2, 0.25) is 5.91 Å². The summed E-state index contributed by atoms with van der Waals surface area (Å²) in [5.41, 5.74) is 7.33. The number of carbonyl (C=O) groups is 1. The van der Waals surface area contributed by atoms with Crippen molar-refractivity contribution in [3.63, 3.8) is 0 Å². The number of nitrogens with one attached hydrogen (secondary N) is 1. The lowest BCUT2D eigenvalue weighted by Gasteiger charge is -2.10. The zero-order valence-electron chi connectivity index (χ0n) is 10.6. The Hall–Kier alpha value is -1.73. The highest BCUT2D eigenvalue weighted by molar-refractivity contribution is 9.10. The minimum Gasteiger partial charge on any atom is -0.316 e. The molecule has 0 aliphatic heterocycles. The summed E-state index contributed by atoms with van der Waals surface area (Å²) in [6.45, 7) is 1.85. The van der Waals surface area contributed by atoms with Gasteiger partial charge < -0.3 is 11.1 Å². The highest BCUT2D eigenvalue weighted by Gasteiger charge is 2.17. The van der Waals surface area contributed by atoms with Gasteiger partial charge in [-0.05, 0) is 35.0 Å². The van der Waals surface area contributed by atoms with Gasteiger partial charge in [0.05, 0.1) is 11.9 Å². The van der Waals surface area contributed by atoms with E-state index in [4.69, 9.17) is 5.73 Å². The number of aryl methyl sites for hydroxylation is 2. The normalized spacial score (nSPS) is 12.2. The zero-order chi connectivity index (χ0) is 14.0. The number of amides is 1. The Balaban J connectivity index is 2.10. The highest BCUT2D eigenvalue weighted by atomic mass is 79.9. The molecule has 19 heavy (non-hydrogen) atoms. The van der Waals surface area contributed by atoms with E-state index < -0.39 is 6.04 Å². The third-order valence-corrected chi connectivity index (χ3v) is 3.48. The molecule has 0 aliphatic rings. The van der Waals surface area contributed by atoms with Crippen LogP contribution >= 0.6 is 15.9 Å². The van der Waals surface area contributed by atoms with Crippen LogP contribution < -0.4 is 11.1 Å². The first-order valence-electron chi connectivity index (χ1n) is 5.65. The Morgan fingerprint density at radius 1 is 1.53 bits per heavy atom. The summed E-state index contributed by atoms with van der Waals surface area (Å²) in [6, 6.07) is 2.78. The Kier molecular flexibility index (Phi) is 3.96. The van der Waals surface area contributed by atoms with Crippen molar-refractivity contribution in [1.82, 2.24) is 14.8 Å². The molecule has 0 fully saturated rings. The third-order valence-electron chi connectivity index (χ3n) is 2.64. The fourth-order valence-corrected chi connectivity index (χ4v) is 1.79. The van der Waals surface area contributed by atoms with Crippen LogP contribution in [0.5, 0.6) is 0 Å². The van der Waals surface area contributed by atoms with Crippen LogP contribution in [-0.2, 0) is 11.8 Å². The van der Waals surface area contributed by atoms with Crippen molar-refractivity contribution in [3.8, 4) is 0 Å². The molecule has 2 aromatic rings. The van der Waals surface area contributed by atoms with Gasteiger partial charge in [-0.1, -0.05) is 0 Å². The maximum Gasteiger partial charge on any atom is 0.247 e. The average Bonchev–Trinajstić information content (AvgIpc) is 2.79. The van der Waals surface area contributed by atoms with Crippen molar-refractivity contribution >= 4 is 27.7 Å². The maximum atomic E-state index is 12.0. The molecule has 3 N–H and O–H groups in total. The van der Waals surface area contributed by atoms with Crippen LogP contribution in [0, 0.1) is 6.92 Å². The SMILES string of the molecule is Cc1nc(NC(=O)C(N)c2cnn(C)c2)ccc1Br. The number of halogens is 1. The van der Waals surface area contributed by atoms with Crippen LogP contribution in [0.3, 0.4) is 0 Å². The minimum atomic E-state index is -0.764. The molecule has 0 bridgehead atoms. The van der Waals surface area contributed by atoms with Crippen molar-refractivity contribution in [2.24, 2.45) is 12.8 Å². The molecule has 2 rings (SSSR count). The van der Waals surface area contributed by atoms with E-state index in [9.17, 15) is 4.79 Å². The predicted molar refractivity (Wildman–Crippen MR) is 75.4 cm³/mol. The summed E-state index contributed by atoms with van der Waals surface area (Å²) in [7, 11) is 1.77. The van der Waals surface area contributed by atoms with Crippen LogP contribution in [0.4, 0.5) is 5.82 Å². The van der Waals surface area contributed by atoms with E-state index in [1.165, 1.54) is 0 Å². The molecule has 1 unspecified atom stereocenters. The molecule has 0 aromatic carbocycles. The van der Waals surface area contributed by atoms with E-state index in [0.717, 1.165) is 10.2 Å². The Labute approximate surface area is 119 Å². The molecule has 100 valence electrons. The van der Waals surface area contributed by atoms with Gasteiger partial charge in [-0.15, -0.1) is 0 Å². The molecule has 2 aromatic heterocycles. The maximum absolute atomic E-state index is 12.0. The van der Waals surface area contributed by atoms with Crippen molar-refractivity contribution < 1.29 is 4.79 Å². The van der Waals surface area contributed by atoms with E-state index >= 15 is 0 Å². The number of carbonyl (C=O) groups excluding carboxylic acids is 1. The summed E-state index contributed by atoms with van der Waals surface area (Å²) in [5, 5.41) is 6.67. The summed E-state index contributed by atoms with van der Waals surface area (Å²) >= 11 is 3.35. The summed E-state index contributed by atoms with van der Waals surface area (Å²) in [4.78, 5) is 16.2. The van der Waals surface area contributed by atoms with Gasteiger partial charge in [-0.3, -0.25) is 9.48 Å². The lowest BCUT2D eigenvalue weighted by molar-refractivity contribution is -0.117. The first-order chi connectivity index (χ1) is 8.97. The van der Waals surface area contributed by atoms with Crippen LogP contribution in [0.1, 0.15) is 17.3 Å². The van der Waals surface area contributed by atoms with Crippen molar-refractivity contribution in [2.45, 2.75) is 13.0 Å². The zero-order valence-corrected chi connectivity index (χ0v) is 12.2. The lowest BCUT2D eigenvalue weighted by Crippen LogP contribution is -2.27. The van der Waals surface area contributed by atoms with E-state index in [2.05, 4.69) is 31.3 Å². The van der Waals surface area contributed by atoms with Crippen molar-refractivity contribution in [2.75, 3.05) is 5.32 Å². The molecular formula is C12H14BrN5O. The summed E-state index contributed by atoms with van der Waals surface area (Å²) < 4.78 is 2.49. The van der Waals surface area contributed by atoms with Gasteiger partial charge in [0, 0.05) is 23.3 Å². The molecule has 1 atom stereocenters. The summed E-state index contributed by atoms with van der Waals surface area (Å²) in [5.74, 6) is 0.160. The Morgan fingerprint density at radius 3 is 2.84 bits per heavy atom. The molecule has 0 spiro atoms. The second kappa shape index (κ2) is 5.50. The topological polar surface area (TPSA) is 85.8 Å². The smallest absolute Gasteiger partial charge is 0.247 e. The molecular weight excluding hydrogens is 310 g/mol. The number of hydrogen-bond donors (Lipinski definition) is 2. The van der Waals surface area contributed by atoms with Crippen LogP contribution in [0.15, 0.2) is 29.0 Å². The second-order valence-electron chi connectivity index (χ2n) is 4.18. The monoisotopic (exact) mass is 323 g/mol. The number of rotatable bonds is 3. The average molecular weight is 324 g/mol. The number of pyridine rings is 1. The van der Waals surface area contributed by atoms with Crippen LogP contribution in [-0.4, -0.2) is 20.7 Å². The third kappa shape index (κ3) is 3.18. The molecule has 0 aliphatic carbocycles. The fourth-order valence-electron chi connectivity index (χ4n) is 1.57. The standard InChI is InChI=1S/C12H14BrN5O/c1-7-9(13)3-4-10(16-7)17-12(19)11(14)8-5-15-18(2)6-8/h3-6,11H,14H2,1-2H3,(H,16,17,19). The number of nitrogens with zero attached hydrogens (tertiary/aromatic N) is 3. The van der Waals surface area contributed by atoms with E-state index in [-0.39, 0.29) is 5.91 Å². The fraction of sp³-hybridized carbons (Fsp3) is 0.250. The molecule has 7 heteroatoms. The summed E-state index contributed by atoms with van der Waals surface area (Å²) in [6.07, 6.45) is 3.29. The van der Waals surface area contributed by atoms with Gasteiger partial charge in [0.15, 0.2) is 0 Å².